The third kappa shape index (κ3) is 5.92. The van der Waals surface area contributed by atoms with Crippen molar-refractivity contribution >= 4 is 34.9 Å². The molecule has 5 N–H and O–H groups in total. The second kappa shape index (κ2) is 11.4. The fourth-order valence-corrected chi connectivity index (χ4v) is 4.85. The lowest BCUT2D eigenvalue weighted by Crippen LogP contribution is -2.45. The smallest absolute Gasteiger partial charge is 0.270 e. The molecule has 2 heterocycles. The van der Waals surface area contributed by atoms with Gasteiger partial charge in [-0.1, -0.05) is 30.3 Å². The van der Waals surface area contributed by atoms with Crippen LogP contribution in [0.25, 0.3) is 0 Å². The molecule has 37 heavy (non-hydrogen) atoms. The summed E-state index contributed by atoms with van der Waals surface area (Å²) in [6, 6.07) is 9.57. The van der Waals surface area contributed by atoms with Gasteiger partial charge < -0.3 is 26.4 Å². The summed E-state index contributed by atoms with van der Waals surface area (Å²) >= 11 is 0.644. The Labute approximate surface area is 215 Å². The lowest BCUT2D eigenvalue weighted by atomic mass is 10.0. The minimum absolute atomic E-state index is 0.132. The minimum Gasteiger partial charge on any atom is -0.395 e. The average Bonchev–Trinajstić information content (AvgIpc) is 3.54. The Morgan fingerprint density at radius 2 is 1.89 bits per heavy atom. The van der Waals surface area contributed by atoms with Crippen molar-refractivity contribution in [2.75, 3.05) is 18.9 Å². The molecule has 1 aromatic heterocycles. The number of nitrogen functional groups attached to an aromatic ring is 1. The normalized spacial score (nSPS) is 15.8. The standard InChI is InChI=1S/C25H25F2N5O4S/c26-16-9-7-14(8-10-16)21(24(34)30-12-17-5-3-11-36-17)32(13-15-4-1-2-6-18(15)27)25(35)22-19(28)20(23(29)33)31-37-22/h1-2,4,6-10,17,21H,3,5,11-13,28H2,(H2,29,33)(H,30,34)/t17-,21+/m0/s1. The van der Waals surface area contributed by atoms with Crippen molar-refractivity contribution in [2.45, 2.75) is 31.5 Å². The van der Waals surface area contributed by atoms with Gasteiger partial charge in [0.25, 0.3) is 11.8 Å². The first-order valence-corrected chi connectivity index (χ1v) is 12.3. The summed E-state index contributed by atoms with van der Waals surface area (Å²) in [7, 11) is 0. The van der Waals surface area contributed by atoms with Gasteiger partial charge in [0.05, 0.1) is 18.3 Å². The maximum atomic E-state index is 14.7. The van der Waals surface area contributed by atoms with Crippen LogP contribution in [0, 0.1) is 11.6 Å². The maximum absolute atomic E-state index is 14.7. The molecule has 9 nitrogen and oxygen atoms in total. The van der Waals surface area contributed by atoms with Crippen LogP contribution in [-0.4, -0.2) is 46.3 Å². The number of anilines is 1. The average molecular weight is 530 g/mol. The predicted octanol–water partition coefficient (Wildman–Crippen LogP) is 2.78. The molecule has 194 valence electrons. The SMILES string of the molecule is NC(=O)c1nsc(C(=O)N(Cc2ccccc2F)[C@@H](C(=O)NC[C@@H]2CCCO2)c2ccc(F)cc2)c1N. The lowest BCUT2D eigenvalue weighted by molar-refractivity contribution is -0.126. The number of hydrogen-bond donors (Lipinski definition) is 3. The number of aromatic nitrogens is 1. The van der Waals surface area contributed by atoms with Crippen molar-refractivity contribution in [3.8, 4) is 0 Å². The third-order valence-electron chi connectivity index (χ3n) is 5.99. The first-order valence-electron chi connectivity index (χ1n) is 11.5. The van der Waals surface area contributed by atoms with Crippen LogP contribution < -0.4 is 16.8 Å². The molecule has 0 radical (unpaired) electrons. The van der Waals surface area contributed by atoms with Crippen molar-refractivity contribution in [2.24, 2.45) is 5.73 Å². The van der Waals surface area contributed by atoms with Crippen molar-refractivity contribution in [3.05, 3.63) is 81.9 Å². The van der Waals surface area contributed by atoms with Crippen LogP contribution >= 0.6 is 11.5 Å². The molecule has 0 bridgehead atoms. The van der Waals surface area contributed by atoms with Gasteiger partial charge in [0, 0.05) is 18.7 Å². The number of rotatable bonds is 9. The van der Waals surface area contributed by atoms with Crippen molar-refractivity contribution < 1.29 is 27.9 Å². The van der Waals surface area contributed by atoms with Crippen LogP contribution in [0.1, 0.15) is 50.2 Å². The van der Waals surface area contributed by atoms with E-state index in [1.54, 1.807) is 6.07 Å². The molecule has 0 spiro atoms. The molecule has 1 aliphatic heterocycles. The molecule has 0 saturated carbocycles. The van der Waals surface area contributed by atoms with Crippen LogP contribution in [0.15, 0.2) is 48.5 Å². The number of benzene rings is 2. The van der Waals surface area contributed by atoms with Crippen LogP contribution in [0.2, 0.25) is 0 Å². The number of primary amides is 1. The first kappa shape index (κ1) is 26.2. The minimum atomic E-state index is -1.30. The van der Waals surface area contributed by atoms with Gasteiger partial charge in [0.15, 0.2) is 5.69 Å². The van der Waals surface area contributed by atoms with Crippen molar-refractivity contribution in [1.82, 2.24) is 14.6 Å². The molecule has 2 atom stereocenters. The molecule has 0 unspecified atom stereocenters. The van der Waals surface area contributed by atoms with E-state index in [4.69, 9.17) is 16.2 Å². The molecule has 1 fully saturated rings. The Bertz CT molecular complexity index is 1290. The van der Waals surface area contributed by atoms with E-state index in [1.165, 1.54) is 30.3 Å². The Kier molecular flexibility index (Phi) is 8.09. The van der Waals surface area contributed by atoms with E-state index in [2.05, 4.69) is 9.69 Å². The van der Waals surface area contributed by atoms with E-state index in [0.717, 1.165) is 29.9 Å². The summed E-state index contributed by atoms with van der Waals surface area (Å²) in [6.45, 7) is 0.462. The molecule has 1 saturated heterocycles. The predicted molar refractivity (Wildman–Crippen MR) is 132 cm³/mol. The molecule has 0 aliphatic carbocycles. The van der Waals surface area contributed by atoms with Crippen LogP contribution in [0.4, 0.5) is 14.5 Å². The molecule has 3 aromatic rings. The first-order chi connectivity index (χ1) is 17.8. The fraction of sp³-hybridized carbons (Fsp3) is 0.280. The number of amides is 3. The van der Waals surface area contributed by atoms with Gasteiger partial charge in [0.1, 0.15) is 22.6 Å². The number of ether oxygens (including phenoxy) is 1. The van der Waals surface area contributed by atoms with Gasteiger partial charge in [-0.2, -0.15) is 4.37 Å². The van der Waals surface area contributed by atoms with Crippen molar-refractivity contribution in [1.29, 1.82) is 0 Å². The summed E-state index contributed by atoms with van der Waals surface area (Å²) in [5.41, 5.74) is 11.2. The Hall–Kier alpha value is -3.90. The third-order valence-corrected chi connectivity index (χ3v) is 6.84. The number of carbonyl (C=O) groups excluding carboxylic acids is 3. The number of nitrogens with two attached hydrogens (primary N) is 2. The molecule has 3 amide bonds. The molecule has 2 aromatic carbocycles. The highest BCUT2D eigenvalue weighted by Gasteiger charge is 2.35. The molecule has 4 rings (SSSR count). The van der Waals surface area contributed by atoms with Crippen LogP contribution in [0.3, 0.4) is 0 Å². The van der Waals surface area contributed by atoms with E-state index in [-0.39, 0.29) is 46.6 Å². The van der Waals surface area contributed by atoms with E-state index in [0.29, 0.717) is 18.1 Å². The van der Waals surface area contributed by atoms with E-state index in [1.807, 2.05) is 0 Å². The summed E-state index contributed by atoms with van der Waals surface area (Å²) < 4.78 is 37.9. The Morgan fingerprint density at radius 3 is 2.51 bits per heavy atom. The second-order valence-corrected chi connectivity index (χ2v) is 9.27. The molecule has 1 aliphatic rings. The quantitative estimate of drug-likeness (QED) is 0.389. The summed E-state index contributed by atoms with van der Waals surface area (Å²) in [6.07, 6.45) is 1.46. The zero-order valence-corrected chi connectivity index (χ0v) is 20.5. The highest BCUT2D eigenvalue weighted by Crippen LogP contribution is 2.31. The number of nitrogens with one attached hydrogen (secondary N) is 1. The largest absolute Gasteiger partial charge is 0.395 e. The van der Waals surface area contributed by atoms with Gasteiger partial charge in [-0.15, -0.1) is 0 Å². The van der Waals surface area contributed by atoms with E-state index < -0.39 is 35.4 Å². The van der Waals surface area contributed by atoms with Gasteiger partial charge in [-0.3, -0.25) is 14.4 Å². The van der Waals surface area contributed by atoms with E-state index in [9.17, 15) is 23.2 Å². The summed E-state index contributed by atoms with van der Waals surface area (Å²) in [5.74, 6) is -3.39. The zero-order valence-electron chi connectivity index (χ0n) is 19.7. The van der Waals surface area contributed by atoms with Gasteiger partial charge in [-0.25, -0.2) is 8.78 Å². The van der Waals surface area contributed by atoms with E-state index >= 15 is 0 Å². The summed E-state index contributed by atoms with van der Waals surface area (Å²) in [5, 5.41) is 2.80. The Balaban J connectivity index is 1.77. The molecule has 12 heteroatoms. The van der Waals surface area contributed by atoms with Gasteiger partial charge in [-0.05, 0) is 48.1 Å². The molecular weight excluding hydrogens is 504 g/mol. The topological polar surface area (TPSA) is 141 Å². The highest BCUT2D eigenvalue weighted by atomic mass is 32.1. The molecular formula is C25H25F2N5O4S. The number of halogens is 2. The fourth-order valence-electron chi connectivity index (χ4n) is 4.08. The highest BCUT2D eigenvalue weighted by molar-refractivity contribution is 7.09. The van der Waals surface area contributed by atoms with Gasteiger partial charge in [0.2, 0.25) is 5.91 Å². The number of nitrogens with zero attached hydrogens (tertiary/aromatic N) is 2. The number of carbonyl (C=O) groups is 3. The lowest BCUT2D eigenvalue weighted by Gasteiger charge is -2.31. The Morgan fingerprint density at radius 1 is 1.16 bits per heavy atom. The van der Waals surface area contributed by atoms with Gasteiger partial charge >= 0.3 is 0 Å². The zero-order chi connectivity index (χ0) is 26.5. The van der Waals surface area contributed by atoms with Crippen LogP contribution in [-0.2, 0) is 16.1 Å². The second-order valence-electron chi connectivity index (χ2n) is 8.50. The summed E-state index contributed by atoms with van der Waals surface area (Å²) in [4.78, 5) is 40.0. The monoisotopic (exact) mass is 529 g/mol. The maximum Gasteiger partial charge on any atom is 0.270 e. The van der Waals surface area contributed by atoms with Crippen molar-refractivity contribution in [3.63, 3.8) is 0 Å². The number of hydrogen-bond acceptors (Lipinski definition) is 7. The van der Waals surface area contributed by atoms with Crippen LogP contribution in [0.5, 0.6) is 0 Å².